The molecule has 23 heavy (non-hydrogen) atoms. The van der Waals surface area contributed by atoms with E-state index in [0.717, 1.165) is 25.4 Å². The quantitative estimate of drug-likeness (QED) is 0.494. The molecule has 1 unspecified atom stereocenters. The van der Waals surface area contributed by atoms with Crippen molar-refractivity contribution in [3.8, 4) is 0 Å². The molecule has 0 amide bonds. The van der Waals surface area contributed by atoms with Crippen molar-refractivity contribution in [2.75, 3.05) is 6.26 Å². The van der Waals surface area contributed by atoms with Crippen molar-refractivity contribution in [2.24, 2.45) is 0 Å². The van der Waals surface area contributed by atoms with Crippen molar-refractivity contribution in [3.63, 3.8) is 0 Å². The van der Waals surface area contributed by atoms with Crippen molar-refractivity contribution in [3.05, 3.63) is 68.4 Å². The van der Waals surface area contributed by atoms with Gasteiger partial charge in [0.1, 0.15) is 0 Å². The third-order valence-electron chi connectivity index (χ3n) is 3.49. The van der Waals surface area contributed by atoms with Crippen molar-refractivity contribution in [1.82, 2.24) is 0 Å². The van der Waals surface area contributed by atoms with E-state index in [-0.39, 0.29) is 5.25 Å². The number of rotatable bonds is 3. The zero-order valence-electron chi connectivity index (χ0n) is 12.1. The fraction of sp³-hybridized carbons (Fsp3) is 0.125. The maximum Gasteiger partial charge on any atom is 0.175 e. The summed E-state index contributed by atoms with van der Waals surface area (Å²) in [5.74, 6) is 0. The Bertz CT molecular complexity index is 873. The molecular formula is C16H13BrO2S4. The highest BCUT2D eigenvalue weighted by molar-refractivity contribution is 9.10. The van der Waals surface area contributed by atoms with Gasteiger partial charge in [0.05, 0.1) is 14.4 Å². The molecule has 0 aliphatic carbocycles. The fourth-order valence-corrected chi connectivity index (χ4v) is 6.84. The minimum absolute atomic E-state index is 0.125. The molecule has 0 bridgehead atoms. The standard InChI is InChI=1S/C16H13BrO2S4/c1-23(18,19)11-8-6-10(7-9-11)15-14(16(20)22-21-15)12-4-2-3-5-13(12)17/h2-9,15,20H,1H3. The highest BCUT2D eigenvalue weighted by Gasteiger charge is 2.29. The molecule has 0 radical (unpaired) electrons. The number of halogens is 1. The topological polar surface area (TPSA) is 34.1 Å². The molecule has 0 N–H and O–H groups in total. The maximum absolute atomic E-state index is 11.6. The second kappa shape index (κ2) is 6.88. The molecule has 2 nitrogen and oxygen atoms in total. The monoisotopic (exact) mass is 444 g/mol. The first-order chi connectivity index (χ1) is 10.9. The summed E-state index contributed by atoms with van der Waals surface area (Å²) >= 11 is 8.23. The summed E-state index contributed by atoms with van der Waals surface area (Å²) in [6.45, 7) is 0. The summed E-state index contributed by atoms with van der Waals surface area (Å²) in [5.41, 5.74) is 3.35. The van der Waals surface area contributed by atoms with Crippen molar-refractivity contribution >= 4 is 65.6 Å². The Morgan fingerprint density at radius 2 is 1.74 bits per heavy atom. The van der Waals surface area contributed by atoms with E-state index in [1.165, 1.54) is 6.26 Å². The predicted molar refractivity (Wildman–Crippen MR) is 108 cm³/mol. The van der Waals surface area contributed by atoms with Gasteiger partial charge in [-0.3, -0.25) is 0 Å². The molecule has 3 rings (SSSR count). The van der Waals surface area contributed by atoms with Gasteiger partial charge in [-0.25, -0.2) is 8.42 Å². The number of thiol groups is 1. The summed E-state index contributed by atoms with van der Waals surface area (Å²) in [6.07, 6.45) is 1.22. The first-order valence-electron chi connectivity index (χ1n) is 6.69. The lowest BCUT2D eigenvalue weighted by Crippen LogP contribution is -1.99. The van der Waals surface area contributed by atoms with Crippen LogP contribution in [0, 0.1) is 0 Å². The van der Waals surface area contributed by atoms with Crippen LogP contribution in [-0.2, 0) is 9.84 Å². The lowest BCUT2D eigenvalue weighted by Gasteiger charge is -2.16. The summed E-state index contributed by atoms with van der Waals surface area (Å²) in [6, 6.07) is 15.2. The van der Waals surface area contributed by atoms with Crippen molar-refractivity contribution in [1.29, 1.82) is 0 Å². The molecule has 0 saturated carbocycles. The second-order valence-corrected chi connectivity index (χ2v) is 11.0. The fourth-order valence-electron chi connectivity index (χ4n) is 2.35. The van der Waals surface area contributed by atoms with Crippen molar-refractivity contribution in [2.45, 2.75) is 10.1 Å². The van der Waals surface area contributed by atoms with E-state index >= 15 is 0 Å². The van der Waals surface area contributed by atoms with Gasteiger partial charge in [-0.1, -0.05) is 57.1 Å². The summed E-state index contributed by atoms with van der Waals surface area (Å²) < 4.78 is 25.2. The normalized spacial score (nSPS) is 18.5. The van der Waals surface area contributed by atoms with Gasteiger partial charge in [0.2, 0.25) is 0 Å². The van der Waals surface area contributed by atoms with Crippen LogP contribution in [0.5, 0.6) is 0 Å². The number of sulfone groups is 1. The smallest absolute Gasteiger partial charge is 0.175 e. The van der Waals surface area contributed by atoms with E-state index in [0.29, 0.717) is 4.90 Å². The van der Waals surface area contributed by atoms with Gasteiger partial charge in [0, 0.05) is 10.7 Å². The molecule has 1 atom stereocenters. The first-order valence-corrected chi connectivity index (χ1v) is 12.0. The van der Waals surface area contributed by atoms with E-state index < -0.39 is 9.84 Å². The third-order valence-corrected chi connectivity index (χ3v) is 8.74. The van der Waals surface area contributed by atoms with Crippen LogP contribution in [-0.4, -0.2) is 14.7 Å². The molecule has 0 saturated heterocycles. The van der Waals surface area contributed by atoms with E-state index in [4.69, 9.17) is 0 Å². The summed E-state index contributed by atoms with van der Waals surface area (Å²) in [7, 11) is 0.195. The molecule has 0 aromatic heterocycles. The van der Waals surface area contributed by atoms with Crippen LogP contribution in [0.15, 0.2) is 62.1 Å². The highest BCUT2D eigenvalue weighted by atomic mass is 79.9. The Morgan fingerprint density at radius 1 is 1.09 bits per heavy atom. The zero-order chi connectivity index (χ0) is 16.6. The number of hydrogen-bond donors (Lipinski definition) is 1. The van der Waals surface area contributed by atoms with Crippen LogP contribution < -0.4 is 0 Å². The lowest BCUT2D eigenvalue weighted by atomic mass is 9.99. The molecular weight excluding hydrogens is 432 g/mol. The molecule has 2 aromatic carbocycles. The Balaban J connectivity index is 2.02. The highest BCUT2D eigenvalue weighted by Crippen LogP contribution is 2.60. The molecule has 1 heterocycles. The number of hydrogen-bond acceptors (Lipinski definition) is 5. The average molecular weight is 445 g/mol. The van der Waals surface area contributed by atoms with E-state index in [1.807, 2.05) is 30.3 Å². The average Bonchev–Trinajstić information content (AvgIpc) is 2.89. The van der Waals surface area contributed by atoms with E-state index in [1.54, 1.807) is 33.7 Å². The minimum Gasteiger partial charge on any atom is -0.224 e. The van der Waals surface area contributed by atoms with Gasteiger partial charge >= 0.3 is 0 Å². The Morgan fingerprint density at radius 3 is 2.35 bits per heavy atom. The number of benzene rings is 2. The van der Waals surface area contributed by atoms with Crippen LogP contribution in [0.25, 0.3) is 5.57 Å². The summed E-state index contributed by atoms with van der Waals surface area (Å²) in [4.78, 5) is 0.342. The molecule has 0 spiro atoms. The van der Waals surface area contributed by atoms with Gasteiger partial charge in [-0.05, 0) is 45.7 Å². The SMILES string of the molecule is CS(=O)(=O)c1ccc(C2SSC(S)=C2c2ccccc2Br)cc1. The third kappa shape index (κ3) is 3.69. The van der Waals surface area contributed by atoms with Crippen LogP contribution >= 0.6 is 50.1 Å². The van der Waals surface area contributed by atoms with Gasteiger partial charge in [0.15, 0.2) is 9.84 Å². The van der Waals surface area contributed by atoms with Gasteiger partial charge in [-0.15, -0.1) is 12.6 Å². The van der Waals surface area contributed by atoms with E-state index in [2.05, 4.69) is 34.6 Å². The second-order valence-electron chi connectivity index (χ2n) is 5.10. The van der Waals surface area contributed by atoms with Gasteiger partial charge in [-0.2, -0.15) is 0 Å². The largest absolute Gasteiger partial charge is 0.224 e. The predicted octanol–water partition coefficient (Wildman–Crippen LogP) is 5.59. The van der Waals surface area contributed by atoms with Crippen LogP contribution in [0.4, 0.5) is 0 Å². The molecule has 1 aliphatic rings. The van der Waals surface area contributed by atoms with Crippen LogP contribution in [0.1, 0.15) is 16.4 Å². The lowest BCUT2D eigenvalue weighted by molar-refractivity contribution is 0.602. The molecule has 120 valence electrons. The molecule has 7 heteroatoms. The molecule has 2 aromatic rings. The van der Waals surface area contributed by atoms with E-state index in [9.17, 15) is 8.42 Å². The van der Waals surface area contributed by atoms with Crippen LogP contribution in [0.3, 0.4) is 0 Å². The van der Waals surface area contributed by atoms with Crippen molar-refractivity contribution < 1.29 is 8.42 Å². The Labute approximate surface area is 158 Å². The molecule has 1 aliphatic heterocycles. The maximum atomic E-state index is 11.6. The Kier molecular flexibility index (Phi) is 5.23. The summed E-state index contributed by atoms with van der Waals surface area (Å²) in [5, 5.41) is 0.125. The van der Waals surface area contributed by atoms with Gasteiger partial charge < -0.3 is 0 Å². The van der Waals surface area contributed by atoms with Crippen LogP contribution in [0.2, 0.25) is 0 Å². The van der Waals surface area contributed by atoms with Gasteiger partial charge in [0.25, 0.3) is 0 Å². The zero-order valence-corrected chi connectivity index (χ0v) is 17.0. The molecule has 0 fully saturated rings. The minimum atomic E-state index is -3.17. The Hall–Kier alpha value is -0.340. The first kappa shape index (κ1) is 17.5.